The fraction of sp³-hybridized carbons (Fsp3) is 0.421. The number of hydrogen-bond donors (Lipinski definition) is 1. The second kappa shape index (κ2) is 9.74. The summed E-state index contributed by atoms with van der Waals surface area (Å²) in [6, 6.07) is 10.7. The van der Waals surface area contributed by atoms with E-state index in [1.54, 1.807) is 25.3 Å². The number of methoxy groups -OCH3 is 1. The summed E-state index contributed by atoms with van der Waals surface area (Å²) in [6.07, 6.45) is 0. The Labute approximate surface area is 148 Å². The minimum absolute atomic E-state index is 0.209. The highest BCUT2D eigenvalue weighted by Gasteiger charge is 2.11. The first-order valence-electron chi connectivity index (χ1n) is 8.52. The molecule has 0 saturated carbocycles. The van der Waals surface area contributed by atoms with Crippen molar-refractivity contribution in [3.05, 3.63) is 47.9 Å². The van der Waals surface area contributed by atoms with E-state index in [2.05, 4.69) is 24.1 Å². The van der Waals surface area contributed by atoms with Gasteiger partial charge in [0.15, 0.2) is 5.76 Å². The van der Waals surface area contributed by atoms with Gasteiger partial charge in [0.25, 0.3) is 5.91 Å². The Kier molecular flexibility index (Phi) is 7.35. The Balaban J connectivity index is 1.81. The number of furan rings is 1. The quantitative estimate of drug-likeness (QED) is 0.717. The molecule has 136 valence electrons. The van der Waals surface area contributed by atoms with E-state index in [0.717, 1.165) is 25.4 Å². The molecule has 0 unspecified atom stereocenters. The SMILES string of the molecule is CCN(CC)CCNC(=O)c1ccc(COc2cccc(OC)c2)o1. The molecule has 0 aliphatic carbocycles. The number of hydrogen-bond acceptors (Lipinski definition) is 5. The lowest BCUT2D eigenvalue weighted by atomic mass is 10.3. The monoisotopic (exact) mass is 346 g/mol. The summed E-state index contributed by atoms with van der Waals surface area (Å²) >= 11 is 0. The van der Waals surface area contributed by atoms with Gasteiger partial charge in [0.05, 0.1) is 7.11 Å². The zero-order valence-corrected chi connectivity index (χ0v) is 15.1. The molecule has 1 heterocycles. The molecular weight excluding hydrogens is 320 g/mol. The fourth-order valence-corrected chi connectivity index (χ4v) is 2.38. The van der Waals surface area contributed by atoms with E-state index in [-0.39, 0.29) is 12.5 Å². The maximum atomic E-state index is 12.1. The standard InChI is InChI=1S/C19H26N2O4/c1-4-21(5-2)12-11-20-19(22)18-10-9-17(25-18)14-24-16-8-6-7-15(13-16)23-3/h6-10,13H,4-5,11-12,14H2,1-3H3,(H,20,22). The van der Waals surface area contributed by atoms with Crippen LogP contribution in [0.4, 0.5) is 0 Å². The number of nitrogens with zero attached hydrogens (tertiary/aromatic N) is 1. The van der Waals surface area contributed by atoms with Gasteiger partial charge in [-0.05, 0) is 37.4 Å². The molecule has 0 spiro atoms. The third-order valence-corrected chi connectivity index (χ3v) is 3.92. The van der Waals surface area contributed by atoms with Crippen molar-refractivity contribution in [1.29, 1.82) is 0 Å². The molecule has 1 aromatic heterocycles. The number of carbonyl (C=O) groups is 1. The minimum Gasteiger partial charge on any atom is -0.497 e. The van der Waals surface area contributed by atoms with Crippen molar-refractivity contribution < 1.29 is 18.7 Å². The average Bonchev–Trinajstić information content (AvgIpc) is 3.13. The molecule has 25 heavy (non-hydrogen) atoms. The Morgan fingerprint density at radius 1 is 1.16 bits per heavy atom. The first-order chi connectivity index (χ1) is 12.2. The fourth-order valence-electron chi connectivity index (χ4n) is 2.38. The van der Waals surface area contributed by atoms with Crippen LogP contribution >= 0.6 is 0 Å². The second-order valence-electron chi connectivity index (χ2n) is 5.52. The Morgan fingerprint density at radius 3 is 2.64 bits per heavy atom. The van der Waals surface area contributed by atoms with Crippen molar-refractivity contribution in [2.75, 3.05) is 33.3 Å². The summed E-state index contributed by atoms with van der Waals surface area (Å²) in [7, 11) is 1.61. The zero-order valence-electron chi connectivity index (χ0n) is 15.1. The van der Waals surface area contributed by atoms with Crippen LogP contribution in [0.25, 0.3) is 0 Å². The topological polar surface area (TPSA) is 63.9 Å². The van der Waals surface area contributed by atoms with Crippen LogP contribution in [0.5, 0.6) is 11.5 Å². The maximum absolute atomic E-state index is 12.1. The van der Waals surface area contributed by atoms with Crippen molar-refractivity contribution in [2.24, 2.45) is 0 Å². The number of amides is 1. The van der Waals surface area contributed by atoms with Gasteiger partial charge in [-0.2, -0.15) is 0 Å². The highest BCUT2D eigenvalue weighted by atomic mass is 16.5. The average molecular weight is 346 g/mol. The smallest absolute Gasteiger partial charge is 0.287 e. The van der Waals surface area contributed by atoms with Crippen LogP contribution in [0.15, 0.2) is 40.8 Å². The molecule has 6 nitrogen and oxygen atoms in total. The molecule has 6 heteroatoms. The number of benzene rings is 1. The third kappa shape index (κ3) is 5.83. The molecule has 1 amide bonds. The van der Waals surface area contributed by atoms with Gasteiger partial charge >= 0.3 is 0 Å². The van der Waals surface area contributed by atoms with Gasteiger partial charge in [0.2, 0.25) is 0 Å². The zero-order chi connectivity index (χ0) is 18.1. The molecule has 0 aliphatic rings. The normalized spacial score (nSPS) is 10.7. The second-order valence-corrected chi connectivity index (χ2v) is 5.52. The van der Waals surface area contributed by atoms with Gasteiger partial charge in [0, 0.05) is 19.2 Å². The summed E-state index contributed by atoms with van der Waals surface area (Å²) in [6.45, 7) is 7.82. The van der Waals surface area contributed by atoms with Crippen LogP contribution < -0.4 is 14.8 Å². The van der Waals surface area contributed by atoms with E-state index in [1.165, 1.54) is 0 Å². The van der Waals surface area contributed by atoms with Crippen LogP contribution in [0.1, 0.15) is 30.2 Å². The molecule has 2 aromatic rings. The first-order valence-corrected chi connectivity index (χ1v) is 8.52. The van der Waals surface area contributed by atoms with Gasteiger partial charge in [-0.15, -0.1) is 0 Å². The molecule has 0 atom stereocenters. The molecule has 0 bridgehead atoms. The highest BCUT2D eigenvalue weighted by molar-refractivity contribution is 5.91. The Hall–Kier alpha value is -2.47. The Bertz CT molecular complexity index is 665. The van der Waals surface area contributed by atoms with Gasteiger partial charge in [-0.25, -0.2) is 0 Å². The van der Waals surface area contributed by atoms with E-state index >= 15 is 0 Å². The molecule has 2 rings (SSSR count). The van der Waals surface area contributed by atoms with Crippen molar-refractivity contribution in [1.82, 2.24) is 10.2 Å². The number of nitrogens with one attached hydrogen (secondary N) is 1. The van der Waals surface area contributed by atoms with Crippen molar-refractivity contribution in [3.63, 3.8) is 0 Å². The van der Waals surface area contributed by atoms with Crippen molar-refractivity contribution in [3.8, 4) is 11.5 Å². The molecule has 1 N–H and O–H groups in total. The van der Waals surface area contributed by atoms with Gasteiger partial charge in [0.1, 0.15) is 23.9 Å². The van der Waals surface area contributed by atoms with Crippen molar-refractivity contribution >= 4 is 5.91 Å². The van der Waals surface area contributed by atoms with Gasteiger partial charge in [-0.3, -0.25) is 4.79 Å². The van der Waals surface area contributed by atoms with Crippen molar-refractivity contribution in [2.45, 2.75) is 20.5 Å². The molecule has 0 aliphatic heterocycles. The lowest BCUT2D eigenvalue weighted by Gasteiger charge is -2.17. The molecule has 1 aromatic carbocycles. The highest BCUT2D eigenvalue weighted by Crippen LogP contribution is 2.20. The number of rotatable bonds is 10. The predicted molar refractivity (Wildman–Crippen MR) is 96.2 cm³/mol. The van der Waals surface area contributed by atoms with E-state index in [4.69, 9.17) is 13.9 Å². The largest absolute Gasteiger partial charge is 0.497 e. The molecule has 0 saturated heterocycles. The van der Waals surface area contributed by atoms with Crippen LogP contribution in [0.2, 0.25) is 0 Å². The minimum atomic E-state index is -0.209. The van der Waals surface area contributed by atoms with E-state index < -0.39 is 0 Å². The van der Waals surface area contributed by atoms with Crippen LogP contribution in [0, 0.1) is 0 Å². The summed E-state index contributed by atoms with van der Waals surface area (Å²) in [4.78, 5) is 14.3. The number of carbonyl (C=O) groups excluding carboxylic acids is 1. The lowest BCUT2D eigenvalue weighted by molar-refractivity contribution is 0.0917. The third-order valence-electron chi connectivity index (χ3n) is 3.92. The summed E-state index contributed by atoms with van der Waals surface area (Å²) in [5, 5.41) is 2.87. The van der Waals surface area contributed by atoms with Gasteiger partial charge in [-0.1, -0.05) is 19.9 Å². The van der Waals surface area contributed by atoms with Crippen LogP contribution in [-0.4, -0.2) is 44.1 Å². The van der Waals surface area contributed by atoms with E-state index in [9.17, 15) is 4.79 Å². The van der Waals surface area contributed by atoms with Crippen LogP contribution in [-0.2, 0) is 6.61 Å². The summed E-state index contributed by atoms with van der Waals surface area (Å²) in [5.41, 5.74) is 0. The molecule has 0 fully saturated rings. The predicted octanol–water partition coefficient (Wildman–Crippen LogP) is 2.94. The first kappa shape index (κ1) is 18.9. The number of likely N-dealkylation sites (N-methyl/N-ethyl adjacent to an activating group) is 1. The van der Waals surface area contributed by atoms with Crippen LogP contribution in [0.3, 0.4) is 0 Å². The lowest BCUT2D eigenvalue weighted by Crippen LogP contribution is -2.34. The summed E-state index contributed by atoms with van der Waals surface area (Å²) in [5.74, 6) is 2.09. The Morgan fingerprint density at radius 2 is 1.92 bits per heavy atom. The van der Waals surface area contributed by atoms with Gasteiger partial charge < -0.3 is 24.1 Å². The maximum Gasteiger partial charge on any atom is 0.287 e. The molecular formula is C19H26N2O4. The van der Waals surface area contributed by atoms with E-state index in [0.29, 0.717) is 23.8 Å². The molecule has 0 radical (unpaired) electrons. The van der Waals surface area contributed by atoms with E-state index in [1.807, 2.05) is 18.2 Å². The number of ether oxygens (including phenoxy) is 2. The summed E-state index contributed by atoms with van der Waals surface area (Å²) < 4.78 is 16.4.